The first-order chi connectivity index (χ1) is 10.2. The SMILES string of the molecule is C=CC/C(=N/OS(=O)(=O)[O-])S[C@@H]1O[C@H](CO)[C@@H](O)[C@H](O)[C@H]1O.O.[K+]. The zero-order chi connectivity index (χ0) is 16.9. The number of oxime groups is 1. The molecule has 1 rings (SSSR count). The van der Waals surface area contributed by atoms with E-state index in [1.807, 2.05) is 0 Å². The third-order valence-corrected chi connectivity index (χ3v) is 4.04. The Balaban J connectivity index is 0. The van der Waals surface area contributed by atoms with Crippen LogP contribution in [0.25, 0.3) is 0 Å². The Morgan fingerprint density at radius 1 is 1.33 bits per heavy atom. The standard InChI is InChI=1S/C10H17NO9S2.K.H2O/c1-2-3-6(11-20-22(16,17)18)21-10-9(15)8(14)7(13)5(4-12)19-10;;/h2,5,7-10,12-15H,1,3-4H2,(H,16,17,18);;1H2/q;+1;/p-1/b11-6-;;/t5-,7-,8+,9-,10+;;/m1../s1. The van der Waals surface area contributed by atoms with E-state index < -0.39 is 46.9 Å². The zero-order valence-corrected chi connectivity index (χ0v) is 17.4. The Morgan fingerprint density at radius 2 is 1.92 bits per heavy atom. The first-order valence-electron chi connectivity index (χ1n) is 5.99. The molecule has 1 fully saturated rings. The van der Waals surface area contributed by atoms with Crippen molar-refractivity contribution in [3.05, 3.63) is 12.7 Å². The van der Waals surface area contributed by atoms with Gasteiger partial charge in [-0.3, -0.25) is 4.28 Å². The molecule has 0 amide bonds. The van der Waals surface area contributed by atoms with E-state index in [1.165, 1.54) is 6.08 Å². The van der Waals surface area contributed by atoms with Crippen molar-refractivity contribution in [1.29, 1.82) is 0 Å². The summed E-state index contributed by atoms with van der Waals surface area (Å²) in [7, 11) is -5.04. The zero-order valence-electron chi connectivity index (χ0n) is 12.7. The molecule has 1 heterocycles. The summed E-state index contributed by atoms with van der Waals surface area (Å²) in [5, 5.41) is 41.2. The van der Waals surface area contributed by atoms with Gasteiger partial charge in [0, 0.05) is 6.42 Å². The molecule has 1 saturated heterocycles. The summed E-state index contributed by atoms with van der Waals surface area (Å²) in [6.07, 6.45) is -4.44. The number of allylic oxidation sites excluding steroid dienone is 1. The summed E-state index contributed by atoms with van der Waals surface area (Å²) < 4.78 is 40.1. The monoisotopic (exact) mass is 415 g/mol. The molecule has 0 aromatic carbocycles. The van der Waals surface area contributed by atoms with Gasteiger partial charge >= 0.3 is 51.4 Å². The number of nitrogens with zero attached hydrogens (tertiary/aromatic N) is 1. The number of aliphatic hydroxyl groups excluding tert-OH is 4. The number of hydrogen-bond donors (Lipinski definition) is 4. The largest absolute Gasteiger partial charge is 1.00 e. The van der Waals surface area contributed by atoms with Crippen LogP contribution in [0.3, 0.4) is 0 Å². The van der Waals surface area contributed by atoms with Crippen LogP contribution in [0.1, 0.15) is 6.42 Å². The number of thioether (sulfide) groups is 1. The number of hydrogen-bond acceptors (Lipinski definition) is 11. The van der Waals surface area contributed by atoms with E-state index >= 15 is 0 Å². The van der Waals surface area contributed by atoms with Gasteiger partial charge in [-0.25, -0.2) is 0 Å². The molecule has 0 saturated carbocycles. The molecule has 0 radical (unpaired) electrons. The number of rotatable bonds is 6. The Morgan fingerprint density at radius 3 is 2.38 bits per heavy atom. The van der Waals surface area contributed by atoms with Gasteiger partial charge in [-0.1, -0.05) is 23.0 Å². The molecule has 5 atom stereocenters. The van der Waals surface area contributed by atoms with Crippen molar-refractivity contribution in [2.24, 2.45) is 5.16 Å². The molecule has 14 heteroatoms. The summed E-state index contributed by atoms with van der Waals surface area (Å²) in [5.41, 5.74) is -1.17. The van der Waals surface area contributed by atoms with Crippen LogP contribution in [0.2, 0.25) is 0 Å². The summed E-state index contributed by atoms with van der Waals surface area (Å²) in [5.74, 6) is 0. The molecule has 0 bridgehead atoms. The predicted octanol–water partition coefficient (Wildman–Crippen LogP) is -5.93. The molecule has 0 unspecified atom stereocenters. The fraction of sp³-hybridized carbons (Fsp3) is 0.700. The van der Waals surface area contributed by atoms with Gasteiger partial charge in [0.05, 0.1) is 6.61 Å². The Labute approximate surface area is 185 Å². The normalized spacial score (nSPS) is 30.7. The quantitative estimate of drug-likeness (QED) is 0.0615. The summed E-state index contributed by atoms with van der Waals surface area (Å²) in [4.78, 5) is 0. The molecule has 24 heavy (non-hydrogen) atoms. The van der Waals surface area contributed by atoms with Gasteiger partial charge in [-0.15, -0.1) is 6.58 Å². The van der Waals surface area contributed by atoms with E-state index in [-0.39, 0.29) is 68.3 Å². The Hall–Kier alpha value is 0.866. The maximum atomic E-state index is 10.4. The van der Waals surface area contributed by atoms with Crippen LogP contribution in [0, 0.1) is 0 Å². The summed E-state index contributed by atoms with van der Waals surface area (Å²) in [6.45, 7) is 2.80. The molecular formula is C10H18KNO10S2. The van der Waals surface area contributed by atoms with Crippen LogP contribution in [-0.2, 0) is 19.4 Å². The van der Waals surface area contributed by atoms with Crippen LogP contribution in [0.15, 0.2) is 17.8 Å². The van der Waals surface area contributed by atoms with Crippen LogP contribution in [0.4, 0.5) is 0 Å². The van der Waals surface area contributed by atoms with E-state index in [0.717, 1.165) is 0 Å². The van der Waals surface area contributed by atoms with Crippen molar-refractivity contribution < 1.29 is 99.3 Å². The van der Waals surface area contributed by atoms with Crippen LogP contribution < -0.4 is 51.4 Å². The van der Waals surface area contributed by atoms with E-state index in [4.69, 9.17) is 9.84 Å². The van der Waals surface area contributed by atoms with Crippen molar-refractivity contribution >= 4 is 27.2 Å². The fourth-order valence-electron chi connectivity index (χ4n) is 1.62. The van der Waals surface area contributed by atoms with Gasteiger partial charge in [0.15, 0.2) is 0 Å². The van der Waals surface area contributed by atoms with Gasteiger partial charge in [0.25, 0.3) is 10.4 Å². The third kappa shape index (κ3) is 8.50. The second-order valence-electron chi connectivity index (χ2n) is 4.28. The van der Waals surface area contributed by atoms with E-state index in [2.05, 4.69) is 16.0 Å². The second-order valence-corrected chi connectivity index (χ2v) is 6.41. The maximum absolute atomic E-state index is 10.4. The minimum absolute atomic E-state index is 0. The minimum atomic E-state index is -5.04. The fourth-order valence-corrected chi connectivity index (χ4v) is 2.91. The van der Waals surface area contributed by atoms with Crippen LogP contribution in [-0.4, -0.2) is 80.4 Å². The van der Waals surface area contributed by atoms with Gasteiger partial charge in [-0.05, 0) is 0 Å². The first-order valence-corrected chi connectivity index (χ1v) is 8.20. The van der Waals surface area contributed by atoms with Gasteiger partial charge in [-0.2, -0.15) is 8.42 Å². The number of ether oxygens (including phenoxy) is 1. The molecule has 0 aromatic heterocycles. The second kappa shape index (κ2) is 12.3. The summed E-state index contributed by atoms with van der Waals surface area (Å²) >= 11 is 0.660. The van der Waals surface area contributed by atoms with Crippen LogP contribution in [0.5, 0.6) is 0 Å². The molecule has 0 spiro atoms. The molecule has 0 aromatic rings. The minimum Gasteiger partial charge on any atom is -0.714 e. The molecular weight excluding hydrogens is 397 g/mol. The average Bonchev–Trinajstić information content (AvgIpc) is 2.44. The molecule has 6 N–H and O–H groups in total. The maximum Gasteiger partial charge on any atom is 1.00 e. The average molecular weight is 415 g/mol. The number of aliphatic hydroxyl groups is 4. The summed E-state index contributed by atoms with van der Waals surface area (Å²) in [6, 6.07) is 0. The molecule has 136 valence electrons. The predicted molar refractivity (Wildman–Crippen MR) is 78.0 cm³/mol. The van der Waals surface area contributed by atoms with Gasteiger partial charge < -0.3 is 35.2 Å². The van der Waals surface area contributed by atoms with Crippen molar-refractivity contribution in [3.63, 3.8) is 0 Å². The molecule has 11 nitrogen and oxygen atoms in total. The van der Waals surface area contributed by atoms with E-state index in [1.54, 1.807) is 0 Å². The van der Waals surface area contributed by atoms with Crippen molar-refractivity contribution in [3.8, 4) is 0 Å². The van der Waals surface area contributed by atoms with E-state index in [0.29, 0.717) is 11.8 Å². The van der Waals surface area contributed by atoms with Crippen molar-refractivity contribution in [1.82, 2.24) is 0 Å². The van der Waals surface area contributed by atoms with Gasteiger partial charge in [0.1, 0.15) is 34.9 Å². The van der Waals surface area contributed by atoms with Crippen molar-refractivity contribution in [2.45, 2.75) is 36.3 Å². The van der Waals surface area contributed by atoms with Gasteiger partial charge in [0.2, 0.25) is 0 Å². The molecule has 1 aliphatic rings. The van der Waals surface area contributed by atoms with E-state index in [9.17, 15) is 28.3 Å². The topological polar surface area (TPSA) is 200 Å². The molecule has 1 aliphatic heterocycles. The smallest absolute Gasteiger partial charge is 0.714 e. The first kappa shape index (κ1) is 27.1. The molecule has 0 aliphatic carbocycles. The Bertz CT molecular complexity index is 514. The Kier molecular flexibility index (Phi) is 13.9. The van der Waals surface area contributed by atoms with Crippen molar-refractivity contribution in [2.75, 3.05) is 6.61 Å². The third-order valence-electron chi connectivity index (χ3n) is 2.65. The van der Waals surface area contributed by atoms with Crippen LogP contribution >= 0.6 is 11.8 Å².